The normalized spacial score (nSPS) is 14.4. The van der Waals surface area contributed by atoms with Gasteiger partial charge < -0.3 is 14.5 Å². The van der Waals surface area contributed by atoms with E-state index in [-0.39, 0.29) is 30.7 Å². The zero-order valence-corrected chi connectivity index (χ0v) is 17.0. The highest BCUT2D eigenvalue weighted by Crippen LogP contribution is 2.19. The number of aryl methyl sites for hydroxylation is 2. The summed E-state index contributed by atoms with van der Waals surface area (Å²) in [5.74, 6) is 0.332. The first kappa shape index (κ1) is 20.8. The van der Waals surface area contributed by atoms with Gasteiger partial charge in [-0.1, -0.05) is 29.8 Å². The second-order valence-electron chi connectivity index (χ2n) is 7.48. The number of amides is 2. The lowest BCUT2D eigenvalue weighted by Gasteiger charge is -2.22. The minimum absolute atomic E-state index is 0.00237. The average Bonchev–Trinajstić information content (AvgIpc) is 2.95. The number of ether oxygens (including phenoxy) is 1. The summed E-state index contributed by atoms with van der Waals surface area (Å²) in [5, 5.41) is 0. The number of nitrogens with zero attached hydrogens (tertiary/aromatic N) is 2. The van der Waals surface area contributed by atoms with Crippen LogP contribution in [0.25, 0.3) is 0 Å². The van der Waals surface area contributed by atoms with Crippen LogP contribution in [0.15, 0.2) is 42.5 Å². The Kier molecular flexibility index (Phi) is 6.86. The predicted molar refractivity (Wildman–Crippen MR) is 109 cm³/mol. The van der Waals surface area contributed by atoms with E-state index in [1.165, 1.54) is 12.1 Å². The second-order valence-corrected chi connectivity index (χ2v) is 7.48. The fourth-order valence-corrected chi connectivity index (χ4v) is 3.50. The lowest BCUT2D eigenvalue weighted by molar-refractivity contribution is -0.134. The van der Waals surface area contributed by atoms with E-state index in [0.29, 0.717) is 26.2 Å². The quantitative estimate of drug-likeness (QED) is 0.778. The number of carbonyl (C=O) groups excluding carboxylic acids is 2. The largest absolute Gasteiger partial charge is 0.484 e. The summed E-state index contributed by atoms with van der Waals surface area (Å²) in [7, 11) is 0. The Morgan fingerprint density at radius 3 is 2.24 bits per heavy atom. The molecule has 0 N–H and O–H groups in total. The molecule has 29 heavy (non-hydrogen) atoms. The van der Waals surface area contributed by atoms with Crippen LogP contribution >= 0.6 is 0 Å². The molecule has 1 fully saturated rings. The number of rotatable bonds is 5. The van der Waals surface area contributed by atoms with Gasteiger partial charge in [-0.15, -0.1) is 0 Å². The molecule has 0 saturated carbocycles. The van der Waals surface area contributed by atoms with E-state index in [1.807, 2.05) is 32.0 Å². The van der Waals surface area contributed by atoms with Gasteiger partial charge in [0, 0.05) is 26.2 Å². The third-order valence-electron chi connectivity index (χ3n) is 5.15. The van der Waals surface area contributed by atoms with Gasteiger partial charge in [0.15, 0.2) is 6.61 Å². The van der Waals surface area contributed by atoms with Crippen LogP contribution in [0, 0.1) is 19.7 Å². The minimum Gasteiger partial charge on any atom is -0.484 e. The monoisotopic (exact) mass is 398 g/mol. The van der Waals surface area contributed by atoms with Gasteiger partial charge in [0.1, 0.15) is 11.6 Å². The van der Waals surface area contributed by atoms with Crippen LogP contribution in [0.3, 0.4) is 0 Å². The minimum atomic E-state index is -0.312. The molecule has 1 saturated heterocycles. The third kappa shape index (κ3) is 5.79. The van der Waals surface area contributed by atoms with E-state index in [1.54, 1.807) is 21.9 Å². The van der Waals surface area contributed by atoms with Crippen molar-refractivity contribution in [3.05, 3.63) is 65.0 Å². The number of halogens is 1. The topological polar surface area (TPSA) is 49.9 Å². The van der Waals surface area contributed by atoms with Crippen molar-refractivity contribution >= 4 is 11.8 Å². The Morgan fingerprint density at radius 2 is 1.59 bits per heavy atom. The molecule has 0 radical (unpaired) electrons. The van der Waals surface area contributed by atoms with E-state index >= 15 is 0 Å². The summed E-state index contributed by atoms with van der Waals surface area (Å²) in [5.41, 5.74) is 2.95. The molecule has 5 nitrogen and oxygen atoms in total. The fraction of sp³-hybridized carbons (Fsp3) is 0.391. The molecule has 3 rings (SSSR count). The average molecular weight is 398 g/mol. The van der Waals surface area contributed by atoms with E-state index < -0.39 is 0 Å². The molecule has 2 aromatic rings. The van der Waals surface area contributed by atoms with E-state index in [4.69, 9.17) is 4.74 Å². The summed E-state index contributed by atoms with van der Waals surface area (Å²) in [6.07, 6.45) is 0.967. The van der Waals surface area contributed by atoms with Gasteiger partial charge in [-0.05, 0) is 49.6 Å². The standard InChI is InChI=1S/C23H27FN2O3/c1-17-4-9-21(18(2)14-17)29-16-23(28)26-11-3-10-25(12-13-26)22(27)15-19-5-7-20(24)8-6-19/h4-9,14H,3,10-13,15-16H2,1-2H3. The Balaban J connectivity index is 1.50. The third-order valence-corrected chi connectivity index (χ3v) is 5.15. The summed E-state index contributed by atoms with van der Waals surface area (Å²) in [6.45, 7) is 6.18. The first-order valence-electron chi connectivity index (χ1n) is 9.92. The lowest BCUT2D eigenvalue weighted by Crippen LogP contribution is -2.39. The Hall–Kier alpha value is -2.89. The van der Waals surface area contributed by atoms with Crippen molar-refractivity contribution in [1.82, 2.24) is 9.80 Å². The Labute approximate surface area is 171 Å². The molecule has 2 aromatic carbocycles. The van der Waals surface area contributed by atoms with Gasteiger partial charge in [0.05, 0.1) is 6.42 Å². The van der Waals surface area contributed by atoms with E-state index in [2.05, 4.69) is 0 Å². The van der Waals surface area contributed by atoms with Crippen LogP contribution in [0.5, 0.6) is 5.75 Å². The molecule has 1 heterocycles. The number of benzene rings is 2. The van der Waals surface area contributed by atoms with Crippen molar-refractivity contribution in [3.63, 3.8) is 0 Å². The zero-order chi connectivity index (χ0) is 20.8. The van der Waals surface area contributed by atoms with E-state index in [0.717, 1.165) is 28.9 Å². The molecular formula is C23H27FN2O3. The summed E-state index contributed by atoms with van der Waals surface area (Å²) in [4.78, 5) is 28.7. The van der Waals surface area contributed by atoms with Gasteiger partial charge in [-0.3, -0.25) is 9.59 Å². The Bertz CT molecular complexity index is 867. The Morgan fingerprint density at radius 1 is 0.931 bits per heavy atom. The maximum absolute atomic E-state index is 13.0. The molecule has 0 aliphatic carbocycles. The molecule has 0 bridgehead atoms. The molecular weight excluding hydrogens is 371 g/mol. The first-order chi connectivity index (χ1) is 13.9. The first-order valence-corrected chi connectivity index (χ1v) is 9.92. The van der Waals surface area contributed by atoms with Gasteiger partial charge in [-0.2, -0.15) is 0 Å². The molecule has 2 amide bonds. The van der Waals surface area contributed by atoms with Crippen molar-refractivity contribution in [2.45, 2.75) is 26.7 Å². The van der Waals surface area contributed by atoms with Crippen LogP contribution in [0.2, 0.25) is 0 Å². The van der Waals surface area contributed by atoms with Crippen molar-refractivity contribution in [1.29, 1.82) is 0 Å². The highest BCUT2D eigenvalue weighted by atomic mass is 19.1. The SMILES string of the molecule is Cc1ccc(OCC(=O)N2CCCN(C(=O)Cc3ccc(F)cc3)CC2)c(C)c1. The summed E-state index contributed by atoms with van der Waals surface area (Å²) in [6, 6.07) is 11.9. The van der Waals surface area contributed by atoms with Crippen LogP contribution in [0.1, 0.15) is 23.1 Å². The van der Waals surface area contributed by atoms with Crippen LogP contribution in [-0.4, -0.2) is 54.4 Å². The fourth-order valence-electron chi connectivity index (χ4n) is 3.50. The van der Waals surface area contributed by atoms with Crippen LogP contribution in [-0.2, 0) is 16.0 Å². The second kappa shape index (κ2) is 9.54. The zero-order valence-electron chi connectivity index (χ0n) is 17.0. The molecule has 1 aliphatic rings. The molecule has 0 aromatic heterocycles. The lowest BCUT2D eigenvalue weighted by atomic mass is 10.1. The summed E-state index contributed by atoms with van der Waals surface area (Å²) >= 11 is 0. The molecule has 6 heteroatoms. The van der Waals surface area contributed by atoms with Crippen molar-refractivity contribution in [2.24, 2.45) is 0 Å². The highest BCUT2D eigenvalue weighted by molar-refractivity contribution is 5.80. The van der Waals surface area contributed by atoms with Crippen molar-refractivity contribution < 1.29 is 18.7 Å². The van der Waals surface area contributed by atoms with Gasteiger partial charge in [-0.25, -0.2) is 4.39 Å². The molecule has 0 spiro atoms. The van der Waals surface area contributed by atoms with Gasteiger partial charge >= 0.3 is 0 Å². The van der Waals surface area contributed by atoms with Gasteiger partial charge in [0.2, 0.25) is 5.91 Å². The number of hydrogen-bond acceptors (Lipinski definition) is 3. The van der Waals surface area contributed by atoms with Crippen molar-refractivity contribution in [2.75, 3.05) is 32.8 Å². The van der Waals surface area contributed by atoms with Gasteiger partial charge in [0.25, 0.3) is 5.91 Å². The number of carbonyl (C=O) groups is 2. The molecule has 1 aliphatic heterocycles. The number of hydrogen-bond donors (Lipinski definition) is 0. The smallest absolute Gasteiger partial charge is 0.260 e. The molecule has 0 unspecified atom stereocenters. The molecule has 154 valence electrons. The predicted octanol–water partition coefficient (Wildman–Crippen LogP) is 3.12. The van der Waals surface area contributed by atoms with Crippen LogP contribution in [0.4, 0.5) is 4.39 Å². The molecule has 0 atom stereocenters. The highest BCUT2D eigenvalue weighted by Gasteiger charge is 2.22. The van der Waals surface area contributed by atoms with E-state index in [9.17, 15) is 14.0 Å². The van der Waals surface area contributed by atoms with Crippen LogP contribution < -0.4 is 4.74 Å². The maximum atomic E-state index is 13.0. The van der Waals surface area contributed by atoms with Crippen molar-refractivity contribution in [3.8, 4) is 5.75 Å². The maximum Gasteiger partial charge on any atom is 0.260 e. The summed E-state index contributed by atoms with van der Waals surface area (Å²) < 4.78 is 18.7.